The van der Waals surface area contributed by atoms with Gasteiger partial charge >= 0.3 is 12.0 Å². The maximum atomic E-state index is 11.8. The Morgan fingerprint density at radius 1 is 1.50 bits per heavy atom. The molecular formula is C14H16N2O4. The molecule has 0 atom stereocenters. The van der Waals surface area contributed by atoms with Gasteiger partial charge in [-0.15, -0.1) is 6.42 Å². The molecule has 6 nitrogen and oxygen atoms in total. The Bertz CT molecular complexity index is 522. The van der Waals surface area contributed by atoms with Gasteiger partial charge in [0, 0.05) is 25.3 Å². The van der Waals surface area contributed by atoms with Gasteiger partial charge in [0.25, 0.3) is 0 Å². The van der Waals surface area contributed by atoms with Gasteiger partial charge in [-0.3, -0.25) is 4.79 Å². The minimum atomic E-state index is -0.950. The van der Waals surface area contributed by atoms with E-state index >= 15 is 0 Å². The highest BCUT2D eigenvalue weighted by Crippen LogP contribution is 2.17. The average molecular weight is 276 g/mol. The zero-order valence-corrected chi connectivity index (χ0v) is 11.1. The molecule has 6 heteroatoms. The van der Waals surface area contributed by atoms with Crippen molar-refractivity contribution in [2.45, 2.75) is 6.42 Å². The van der Waals surface area contributed by atoms with Crippen LogP contribution in [0.5, 0.6) is 5.75 Å². The number of hydrogen-bond donors (Lipinski definition) is 2. The Labute approximate surface area is 117 Å². The summed E-state index contributed by atoms with van der Waals surface area (Å²) in [6.45, 7) is 0.282. The van der Waals surface area contributed by atoms with Crippen LogP contribution in [-0.4, -0.2) is 42.2 Å². The van der Waals surface area contributed by atoms with Crippen LogP contribution in [0.2, 0.25) is 0 Å². The number of ether oxygens (including phenoxy) is 1. The summed E-state index contributed by atoms with van der Waals surface area (Å²) in [4.78, 5) is 23.5. The second-order valence-electron chi connectivity index (χ2n) is 4.02. The number of nitrogens with one attached hydrogen (secondary N) is 1. The number of carboxylic acids is 1. The fourth-order valence-electron chi connectivity index (χ4n) is 1.37. The van der Waals surface area contributed by atoms with E-state index in [1.54, 1.807) is 24.3 Å². The van der Waals surface area contributed by atoms with E-state index in [1.165, 1.54) is 11.9 Å². The summed E-state index contributed by atoms with van der Waals surface area (Å²) in [6, 6.07) is 6.39. The zero-order chi connectivity index (χ0) is 15.0. The fraction of sp³-hybridized carbons (Fsp3) is 0.286. The van der Waals surface area contributed by atoms with Gasteiger partial charge in [0.15, 0.2) is 0 Å². The molecule has 0 aliphatic carbocycles. The lowest BCUT2D eigenvalue weighted by Gasteiger charge is -2.17. The summed E-state index contributed by atoms with van der Waals surface area (Å²) < 4.78 is 5.24. The third-order valence-corrected chi connectivity index (χ3v) is 2.42. The predicted octanol–water partition coefficient (Wildman–Crippen LogP) is 1.64. The predicted molar refractivity (Wildman–Crippen MR) is 74.7 cm³/mol. The molecule has 1 rings (SSSR count). The molecule has 0 spiro atoms. The molecular weight excluding hydrogens is 260 g/mol. The molecule has 0 unspecified atom stereocenters. The molecule has 1 aromatic rings. The smallest absolute Gasteiger partial charge is 0.321 e. The minimum absolute atomic E-state index is 0.102. The Balaban J connectivity index is 2.57. The molecule has 1 aromatic carbocycles. The second-order valence-corrected chi connectivity index (χ2v) is 4.02. The van der Waals surface area contributed by atoms with Crippen LogP contribution in [0.3, 0.4) is 0 Å². The van der Waals surface area contributed by atoms with Crippen LogP contribution in [0.1, 0.15) is 6.42 Å². The van der Waals surface area contributed by atoms with E-state index in [0.29, 0.717) is 11.4 Å². The van der Waals surface area contributed by atoms with Crippen LogP contribution in [0.4, 0.5) is 10.5 Å². The van der Waals surface area contributed by atoms with Gasteiger partial charge in [0.1, 0.15) is 12.4 Å². The number of anilines is 1. The van der Waals surface area contributed by atoms with Crippen LogP contribution < -0.4 is 10.1 Å². The number of terminal acetylenes is 1. The molecule has 2 amide bonds. The van der Waals surface area contributed by atoms with Gasteiger partial charge in [-0.05, 0) is 12.1 Å². The molecule has 0 aliphatic rings. The van der Waals surface area contributed by atoms with Crippen molar-refractivity contribution < 1.29 is 19.4 Å². The van der Waals surface area contributed by atoms with Crippen LogP contribution in [0.25, 0.3) is 0 Å². The third-order valence-electron chi connectivity index (χ3n) is 2.42. The number of amides is 2. The highest BCUT2D eigenvalue weighted by Gasteiger charge is 2.10. The minimum Gasteiger partial charge on any atom is -0.481 e. The summed E-state index contributed by atoms with van der Waals surface area (Å²) >= 11 is 0. The number of nitrogens with zero attached hydrogens (tertiary/aromatic N) is 1. The maximum absolute atomic E-state index is 11.8. The highest BCUT2D eigenvalue weighted by molar-refractivity contribution is 5.89. The Kier molecular flexibility index (Phi) is 5.91. The van der Waals surface area contributed by atoms with Gasteiger partial charge in [0.2, 0.25) is 0 Å². The Morgan fingerprint density at radius 3 is 2.90 bits per heavy atom. The normalized spacial score (nSPS) is 9.40. The van der Waals surface area contributed by atoms with Gasteiger partial charge in [-0.25, -0.2) is 4.79 Å². The van der Waals surface area contributed by atoms with E-state index in [0.717, 1.165) is 0 Å². The number of urea groups is 1. The van der Waals surface area contributed by atoms with Gasteiger partial charge in [0.05, 0.1) is 6.42 Å². The SMILES string of the molecule is C#CCOc1cccc(NC(=O)N(C)CCC(=O)O)c1. The van der Waals surface area contributed by atoms with E-state index in [4.69, 9.17) is 16.3 Å². The van der Waals surface area contributed by atoms with E-state index in [1.807, 2.05) is 0 Å². The van der Waals surface area contributed by atoms with Crippen molar-refractivity contribution in [2.75, 3.05) is 25.5 Å². The monoisotopic (exact) mass is 276 g/mol. The largest absolute Gasteiger partial charge is 0.481 e. The van der Waals surface area contributed by atoms with Crippen molar-refractivity contribution in [1.82, 2.24) is 4.90 Å². The number of aliphatic carboxylic acids is 1. The van der Waals surface area contributed by atoms with Gasteiger partial charge in [-0.1, -0.05) is 12.0 Å². The number of rotatable bonds is 6. The fourth-order valence-corrected chi connectivity index (χ4v) is 1.37. The van der Waals surface area contributed by atoms with Crippen LogP contribution in [-0.2, 0) is 4.79 Å². The number of carbonyl (C=O) groups excluding carboxylic acids is 1. The maximum Gasteiger partial charge on any atom is 0.321 e. The lowest BCUT2D eigenvalue weighted by Crippen LogP contribution is -2.33. The summed E-state index contributed by atoms with van der Waals surface area (Å²) in [7, 11) is 1.52. The molecule has 2 N–H and O–H groups in total. The third kappa shape index (κ3) is 5.31. The quantitative estimate of drug-likeness (QED) is 0.774. The van der Waals surface area contributed by atoms with Gasteiger partial charge < -0.3 is 20.1 Å². The average Bonchev–Trinajstić information content (AvgIpc) is 2.42. The molecule has 0 saturated heterocycles. The first-order valence-corrected chi connectivity index (χ1v) is 5.93. The summed E-state index contributed by atoms with van der Waals surface area (Å²) in [6.07, 6.45) is 4.99. The van der Waals surface area contributed by atoms with E-state index in [2.05, 4.69) is 11.2 Å². The zero-order valence-electron chi connectivity index (χ0n) is 11.1. The Morgan fingerprint density at radius 2 is 2.25 bits per heavy atom. The topological polar surface area (TPSA) is 78.9 Å². The molecule has 0 aromatic heterocycles. The molecule has 0 aliphatic heterocycles. The van der Waals surface area contributed by atoms with E-state index in [9.17, 15) is 9.59 Å². The lowest BCUT2D eigenvalue weighted by atomic mass is 10.3. The summed E-state index contributed by atoms with van der Waals surface area (Å²) in [5.41, 5.74) is 0.548. The number of carboxylic acid groups (broad SMARTS) is 1. The molecule has 0 saturated carbocycles. The van der Waals surface area contributed by atoms with Crippen molar-refractivity contribution in [2.24, 2.45) is 0 Å². The van der Waals surface area contributed by atoms with Crippen LogP contribution in [0, 0.1) is 12.3 Å². The first-order chi connectivity index (χ1) is 9.52. The molecule has 0 radical (unpaired) electrons. The number of carbonyl (C=O) groups is 2. The first kappa shape index (κ1) is 15.4. The van der Waals surface area contributed by atoms with E-state index in [-0.39, 0.29) is 25.6 Å². The Hall–Kier alpha value is -2.68. The van der Waals surface area contributed by atoms with Crippen LogP contribution in [0.15, 0.2) is 24.3 Å². The number of benzene rings is 1. The lowest BCUT2D eigenvalue weighted by molar-refractivity contribution is -0.137. The summed E-state index contributed by atoms with van der Waals surface area (Å²) in [5, 5.41) is 11.2. The van der Waals surface area contributed by atoms with Crippen molar-refractivity contribution >= 4 is 17.7 Å². The van der Waals surface area contributed by atoms with E-state index < -0.39 is 5.97 Å². The summed E-state index contributed by atoms with van der Waals surface area (Å²) in [5.74, 6) is 1.95. The highest BCUT2D eigenvalue weighted by atomic mass is 16.5. The first-order valence-electron chi connectivity index (χ1n) is 5.93. The molecule has 0 fully saturated rings. The molecule has 20 heavy (non-hydrogen) atoms. The van der Waals surface area contributed by atoms with Crippen molar-refractivity contribution in [3.63, 3.8) is 0 Å². The van der Waals surface area contributed by atoms with Crippen molar-refractivity contribution in [1.29, 1.82) is 0 Å². The standard InChI is InChI=1S/C14H16N2O4/c1-3-9-20-12-6-4-5-11(10-12)15-14(19)16(2)8-7-13(17)18/h1,4-6,10H,7-9H2,2H3,(H,15,19)(H,17,18). The number of hydrogen-bond acceptors (Lipinski definition) is 3. The van der Waals surface area contributed by atoms with Crippen molar-refractivity contribution in [3.8, 4) is 18.1 Å². The van der Waals surface area contributed by atoms with Crippen molar-refractivity contribution in [3.05, 3.63) is 24.3 Å². The van der Waals surface area contributed by atoms with Gasteiger partial charge in [-0.2, -0.15) is 0 Å². The molecule has 0 bridgehead atoms. The molecule has 0 heterocycles. The molecule has 106 valence electrons. The van der Waals surface area contributed by atoms with Crippen LogP contribution >= 0.6 is 0 Å². The second kappa shape index (κ2) is 7.69.